The molecular weight excluding hydrogens is 288 g/mol. The zero-order valence-electron chi connectivity index (χ0n) is 13.9. The number of carbonyl (C=O) groups is 2. The largest absolute Gasteiger partial charge is 0.342 e. The van der Waals surface area contributed by atoms with Crippen LogP contribution in [0.2, 0.25) is 0 Å². The van der Waals surface area contributed by atoms with E-state index in [4.69, 9.17) is 0 Å². The Balaban J connectivity index is 1.54. The van der Waals surface area contributed by atoms with Crippen LogP contribution in [0.4, 0.5) is 5.69 Å². The van der Waals surface area contributed by atoms with Gasteiger partial charge in [0.25, 0.3) is 0 Å². The van der Waals surface area contributed by atoms with E-state index in [2.05, 4.69) is 0 Å². The normalized spacial score (nSPS) is 24.5. The van der Waals surface area contributed by atoms with Crippen LogP contribution >= 0.6 is 0 Å². The van der Waals surface area contributed by atoms with Crippen molar-refractivity contribution in [2.24, 2.45) is 11.8 Å². The predicted octanol–water partition coefficient (Wildman–Crippen LogP) is 3.08. The van der Waals surface area contributed by atoms with E-state index in [9.17, 15) is 9.59 Å². The molecule has 1 aromatic carbocycles. The van der Waals surface area contributed by atoms with Gasteiger partial charge in [-0.15, -0.1) is 0 Å². The predicted molar refractivity (Wildman–Crippen MR) is 91.1 cm³/mol. The summed E-state index contributed by atoms with van der Waals surface area (Å²) < 4.78 is 0. The van der Waals surface area contributed by atoms with Crippen molar-refractivity contribution >= 4 is 17.5 Å². The summed E-state index contributed by atoms with van der Waals surface area (Å²) in [5.41, 5.74) is 0.938. The molecule has 4 nitrogen and oxygen atoms in total. The molecule has 0 aromatic heterocycles. The lowest BCUT2D eigenvalue weighted by molar-refractivity contribution is -0.137. The highest BCUT2D eigenvalue weighted by Gasteiger charge is 2.34. The molecule has 1 saturated heterocycles. The standard InChI is InChI=1S/C19H26N2O2/c1-20(17-7-3-2-4-8-17)18(22)15-9-11-16(12-10-15)19(23)21-13-5-6-14-21/h2-4,7-8,15-16H,5-6,9-14H2,1H3. The van der Waals surface area contributed by atoms with Crippen LogP contribution in [0.1, 0.15) is 38.5 Å². The Hall–Kier alpha value is -1.84. The van der Waals surface area contributed by atoms with Crippen LogP contribution in [0.25, 0.3) is 0 Å². The van der Waals surface area contributed by atoms with Gasteiger partial charge in [0.1, 0.15) is 0 Å². The summed E-state index contributed by atoms with van der Waals surface area (Å²) in [6.45, 7) is 1.85. The number of nitrogens with zero attached hydrogens (tertiary/aromatic N) is 2. The van der Waals surface area contributed by atoms with Gasteiger partial charge in [-0.2, -0.15) is 0 Å². The molecule has 2 fully saturated rings. The highest BCUT2D eigenvalue weighted by molar-refractivity contribution is 5.94. The first kappa shape index (κ1) is 16.0. The molecular formula is C19H26N2O2. The van der Waals surface area contributed by atoms with Crippen molar-refractivity contribution in [1.82, 2.24) is 4.90 Å². The Bertz CT molecular complexity index is 544. The second-order valence-corrected chi connectivity index (χ2v) is 6.81. The van der Waals surface area contributed by atoms with Crippen LogP contribution in [0.3, 0.4) is 0 Å². The van der Waals surface area contributed by atoms with E-state index in [-0.39, 0.29) is 17.7 Å². The highest BCUT2D eigenvalue weighted by Crippen LogP contribution is 2.32. The molecule has 1 saturated carbocycles. The van der Waals surface area contributed by atoms with Crippen LogP contribution < -0.4 is 4.90 Å². The molecule has 2 amide bonds. The summed E-state index contributed by atoms with van der Waals surface area (Å²) in [5, 5.41) is 0. The maximum Gasteiger partial charge on any atom is 0.229 e. The Morgan fingerprint density at radius 2 is 1.52 bits per heavy atom. The van der Waals surface area contributed by atoms with E-state index in [1.807, 2.05) is 42.3 Å². The van der Waals surface area contributed by atoms with Crippen LogP contribution in [-0.4, -0.2) is 36.9 Å². The summed E-state index contributed by atoms with van der Waals surface area (Å²) in [4.78, 5) is 28.9. The quantitative estimate of drug-likeness (QED) is 0.860. The van der Waals surface area contributed by atoms with Crippen molar-refractivity contribution in [2.45, 2.75) is 38.5 Å². The van der Waals surface area contributed by atoms with Gasteiger partial charge in [0.05, 0.1) is 0 Å². The van der Waals surface area contributed by atoms with Crippen molar-refractivity contribution in [3.05, 3.63) is 30.3 Å². The number of hydrogen-bond donors (Lipinski definition) is 0. The zero-order valence-corrected chi connectivity index (χ0v) is 13.9. The fourth-order valence-corrected chi connectivity index (χ4v) is 3.84. The minimum absolute atomic E-state index is 0.0582. The Labute approximate surface area is 138 Å². The molecule has 0 unspecified atom stereocenters. The van der Waals surface area contributed by atoms with Crippen molar-refractivity contribution < 1.29 is 9.59 Å². The maximum absolute atomic E-state index is 12.7. The number of likely N-dealkylation sites (tertiary alicyclic amines) is 1. The van der Waals surface area contributed by atoms with E-state index < -0.39 is 0 Å². The summed E-state index contributed by atoms with van der Waals surface area (Å²) in [6.07, 6.45) is 5.66. The van der Waals surface area contributed by atoms with E-state index in [1.54, 1.807) is 4.90 Å². The smallest absolute Gasteiger partial charge is 0.229 e. The molecule has 0 spiro atoms. The average molecular weight is 314 g/mol. The summed E-state index contributed by atoms with van der Waals surface area (Å²) in [5.74, 6) is 0.704. The van der Waals surface area contributed by atoms with Crippen molar-refractivity contribution in [3.63, 3.8) is 0 Å². The molecule has 0 radical (unpaired) electrons. The lowest BCUT2D eigenvalue weighted by Crippen LogP contribution is -2.39. The summed E-state index contributed by atoms with van der Waals surface area (Å²) in [7, 11) is 1.85. The number of amides is 2. The first-order valence-corrected chi connectivity index (χ1v) is 8.78. The molecule has 3 rings (SSSR count). The molecule has 1 aromatic rings. The first-order valence-electron chi connectivity index (χ1n) is 8.78. The minimum atomic E-state index is 0.0582. The molecule has 23 heavy (non-hydrogen) atoms. The molecule has 4 heteroatoms. The SMILES string of the molecule is CN(C(=O)C1CCC(C(=O)N2CCCC2)CC1)c1ccccc1. The van der Waals surface area contributed by atoms with Gasteiger partial charge in [-0.05, 0) is 50.7 Å². The third-order valence-corrected chi connectivity index (χ3v) is 5.32. The van der Waals surface area contributed by atoms with Gasteiger partial charge in [0.2, 0.25) is 11.8 Å². The second-order valence-electron chi connectivity index (χ2n) is 6.81. The Kier molecular flexibility index (Phi) is 4.99. The molecule has 1 aliphatic heterocycles. The number of benzene rings is 1. The van der Waals surface area contributed by atoms with E-state index in [1.165, 1.54) is 0 Å². The van der Waals surface area contributed by atoms with E-state index in [0.717, 1.165) is 57.3 Å². The summed E-state index contributed by atoms with van der Waals surface area (Å²) >= 11 is 0. The molecule has 0 atom stereocenters. The third kappa shape index (κ3) is 3.57. The Morgan fingerprint density at radius 3 is 2.13 bits per heavy atom. The number of anilines is 1. The summed E-state index contributed by atoms with van der Waals surface area (Å²) in [6, 6.07) is 9.77. The van der Waals surface area contributed by atoms with Gasteiger partial charge in [-0.25, -0.2) is 0 Å². The highest BCUT2D eigenvalue weighted by atomic mass is 16.2. The number of hydrogen-bond acceptors (Lipinski definition) is 2. The van der Waals surface area contributed by atoms with Gasteiger partial charge in [0, 0.05) is 37.7 Å². The van der Waals surface area contributed by atoms with E-state index >= 15 is 0 Å². The monoisotopic (exact) mass is 314 g/mol. The number of para-hydroxylation sites is 1. The molecule has 0 N–H and O–H groups in total. The van der Waals surface area contributed by atoms with Crippen molar-refractivity contribution in [1.29, 1.82) is 0 Å². The maximum atomic E-state index is 12.7. The fourth-order valence-electron chi connectivity index (χ4n) is 3.84. The second kappa shape index (κ2) is 7.16. The lowest BCUT2D eigenvalue weighted by atomic mass is 9.80. The number of rotatable bonds is 3. The zero-order chi connectivity index (χ0) is 16.2. The molecule has 0 bridgehead atoms. The Morgan fingerprint density at radius 1 is 0.957 bits per heavy atom. The molecule has 124 valence electrons. The van der Waals surface area contributed by atoms with E-state index in [0.29, 0.717) is 5.91 Å². The van der Waals surface area contributed by atoms with Crippen LogP contribution in [0, 0.1) is 11.8 Å². The molecule has 1 aliphatic carbocycles. The number of carbonyl (C=O) groups excluding carboxylic acids is 2. The van der Waals surface area contributed by atoms with Gasteiger partial charge in [0.15, 0.2) is 0 Å². The van der Waals surface area contributed by atoms with Gasteiger partial charge < -0.3 is 9.80 Å². The van der Waals surface area contributed by atoms with Gasteiger partial charge >= 0.3 is 0 Å². The fraction of sp³-hybridized carbons (Fsp3) is 0.579. The first-order chi connectivity index (χ1) is 11.2. The van der Waals surface area contributed by atoms with Crippen LogP contribution in [-0.2, 0) is 9.59 Å². The van der Waals surface area contributed by atoms with Crippen molar-refractivity contribution in [3.8, 4) is 0 Å². The molecule has 1 heterocycles. The van der Waals surface area contributed by atoms with Gasteiger partial charge in [-0.3, -0.25) is 9.59 Å². The topological polar surface area (TPSA) is 40.6 Å². The average Bonchev–Trinajstić information content (AvgIpc) is 3.15. The molecule has 2 aliphatic rings. The lowest BCUT2D eigenvalue weighted by Gasteiger charge is -2.31. The van der Waals surface area contributed by atoms with Crippen molar-refractivity contribution in [2.75, 3.05) is 25.0 Å². The van der Waals surface area contributed by atoms with Crippen LogP contribution in [0.5, 0.6) is 0 Å². The van der Waals surface area contributed by atoms with Crippen LogP contribution in [0.15, 0.2) is 30.3 Å². The minimum Gasteiger partial charge on any atom is -0.342 e. The third-order valence-electron chi connectivity index (χ3n) is 5.32. The van der Waals surface area contributed by atoms with Gasteiger partial charge in [-0.1, -0.05) is 18.2 Å².